The predicted molar refractivity (Wildman–Crippen MR) is 56.5 cm³/mol. The van der Waals surface area contributed by atoms with Crippen molar-refractivity contribution in [1.82, 2.24) is 0 Å². The van der Waals surface area contributed by atoms with Gasteiger partial charge in [0.2, 0.25) is 0 Å². The van der Waals surface area contributed by atoms with E-state index in [1.807, 2.05) is 38.3 Å². The standard InChI is InChI=1S/C11H17N/c1-5-7-8-11(10(3)4)12-9-6-2/h5,7-9H,3,6H2,1-2,4H3/b7-5-,11-8+,12-9-. The Balaban J connectivity index is 4.43. The van der Waals surface area contributed by atoms with Crippen LogP contribution >= 0.6 is 0 Å². The van der Waals surface area contributed by atoms with Crippen molar-refractivity contribution < 1.29 is 0 Å². The zero-order chi connectivity index (χ0) is 9.40. The summed E-state index contributed by atoms with van der Waals surface area (Å²) in [6, 6.07) is 0. The van der Waals surface area contributed by atoms with E-state index in [0.717, 1.165) is 17.7 Å². The van der Waals surface area contributed by atoms with E-state index in [-0.39, 0.29) is 0 Å². The average Bonchev–Trinajstić information content (AvgIpc) is 2.04. The number of nitrogens with zero attached hydrogens (tertiary/aromatic N) is 1. The van der Waals surface area contributed by atoms with Crippen LogP contribution in [0.3, 0.4) is 0 Å². The van der Waals surface area contributed by atoms with Gasteiger partial charge >= 0.3 is 0 Å². The van der Waals surface area contributed by atoms with Gasteiger partial charge in [-0.2, -0.15) is 0 Å². The molecule has 0 aliphatic heterocycles. The van der Waals surface area contributed by atoms with Gasteiger partial charge in [-0.1, -0.05) is 25.7 Å². The molecule has 0 aliphatic rings. The van der Waals surface area contributed by atoms with E-state index in [1.165, 1.54) is 0 Å². The second-order valence-electron chi connectivity index (χ2n) is 2.58. The highest BCUT2D eigenvalue weighted by Gasteiger charge is 1.90. The van der Waals surface area contributed by atoms with Crippen molar-refractivity contribution >= 4 is 6.21 Å². The summed E-state index contributed by atoms with van der Waals surface area (Å²) in [6.07, 6.45) is 8.76. The van der Waals surface area contributed by atoms with E-state index in [4.69, 9.17) is 0 Å². The molecule has 0 spiro atoms. The van der Waals surface area contributed by atoms with Crippen LogP contribution in [-0.2, 0) is 0 Å². The third kappa shape index (κ3) is 4.67. The molecule has 0 aromatic heterocycles. The Labute approximate surface area is 75.2 Å². The maximum absolute atomic E-state index is 4.26. The predicted octanol–water partition coefficient (Wildman–Crippen LogP) is 3.50. The topological polar surface area (TPSA) is 12.4 Å². The number of allylic oxidation sites excluding steroid dienone is 4. The summed E-state index contributed by atoms with van der Waals surface area (Å²) in [6.45, 7) is 9.85. The Bertz CT molecular complexity index is 219. The number of rotatable bonds is 4. The van der Waals surface area contributed by atoms with Crippen LogP contribution in [0.5, 0.6) is 0 Å². The van der Waals surface area contributed by atoms with Crippen LogP contribution in [0.2, 0.25) is 0 Å². The van der Waals surface area contributed by atoms with Crippen LogP contribution in [-0.4, -0.2) is 6.21 Å². The first-order valence-electron chi connectivity index (χ1n) is 4.23. The Hall–Kier alpha value is -1.11. The Morgan fingerprint density at radius 3 is 2.58 bits per heavy atom. The van der Waals surface area contributed by atoms with Crippen LogP contribution in [0.15, 0.2) is 41.1 Å². The SMILES string of the molecule is C=C(C)C(=C\C=C/C)/N=C\CC. The quantitative estimate of drug-likeness (QED) is 0.444. The fourth-order valence-electron chi connectivity index (χ4n) is 0.672. The van der Waals surface area contributed by atoms with Gasteiger partial charge in [-0.3, -0.25) is 4.99 Å². The lowest BCUT2D eigenvalue weighted by molar-refractivity contribution is 1.25. The lowest BCUT2D eigenvalue weighted by atomic mass is 10.2. The molecule has 0 N–H and O–H groups in total. The number of hydrogen-bond acceptors (Lipinski definition) is 1. The Kier molecular flexibility index (Phi) is 5.98. The summed E-state index contributed by atoms with van der Waals surface area (Å²) < 4.78 is 0. The largest absolute Gasteiger partial charge is 0.261 e. The van der Waals surface area contributed by atoms with E-state index in [9.17, 15) is 0 Å². The third-order valence-corrected chi connectivity index (χ3v) is 1.30. The van der Waals surface area contributed by atoms with Gasteiger partial charge in [0.15, 0.2) is 0 Å². The molecule has 0 rings (SSSR count). The lowest BCUT2D eigenvalue weighted by Gasteiger charge is -1.96. The van der Waals surface area contributed by atoms with Crippen molar-refractivity contribution in [2.45, 2.75) is 27.2 Å². The first-order valence-corrected chi connectivity index (χ1v) is 4.23. The minimum absolute atomic E-state index is 0.954. The molecule has 0 aromatic rings. The normalized spacial score (nSPS) is 13.1. The van der Waals surface area contributed by atoms with Crippen molar-refractivity contribution in [3.05, 3.63) is 36.1 Å². The van der Waals surface area contributed by atoms with Gasteiger partial charge in [0.1, 0.15) is 0 Å². The molecule has 0 aromatic carbocycles. The number of aliphatic imine (C=N–C) groups is 1. The Morgan fingerprint density at radius 1 is 1.50 bits per heavy atom. The molecule has 0 aliphatic carbocycles. The van der Waals surface area contributed by atoms with E-state index >= 15 is 0 Å². The molecule has 0 saturated carbocycles. The van der Waals surface area contributed by atoms with E-state index in [2.05, 4.69) is 18.5 Å². The van der Waals surface area contributed by atoms with Crippen molar-refractivity contribution in [2.24, 2.45) is 4.99 Å². The van der Waals surface area contributed by atoms with E-state index in [0.29, 0.717) is 0 Å². The fourth-order valence-corrected chi connectivity index (χ4v) is 0.672. The van der Waals surface area contributed by atoms with Crippen molar-refractivity contribution in [2.75, 3.05) is 0 Å². The van der Waals surface area contributed by atoms with Crippen molar-refractivity contribution in [3.63, 3.8) is 0 Å². The van der Waals surface area contributed by atoms with Gasteiger partial charge in [0.05, 0.1) is 5.70 Å². The first kappa shape index (κ1) is 10.9. The fraction of sp³-hybridized carbons (Fsp3) is 0.364. The summed E-state index contributed by atoms with van der Waals surface area (Å²) in [7, 11) is 0. The molecule has 0 fully saturated rings. The third-order valence-electron chi connectivity index (χ3n) is 1.30. The van der Waals surface area contributed by atoms with Crippen molar-refractivity contribution in [1.29, 1.82) is 0 Å². The van der Waals surface area contributed by atoms with Crippen LogP contribution in [0.4, 0.5) is 0 Å². The molecule has 0 unspecified atom stereocenters. The van der Waals surface area contributed by atoms with Crippen LogP contribution < -0.4 is 0 Å². The highest BCUT2D eigenvalue weighted by Crippen LogP contribution is 2.07. The zero-order valence-electron chi connectivity index (χ0n) is 8.17. The highest BCUT2D eigenvalue weighted by atomic mass is 14.7. The molecule has 0 amide bonds. The molecule has 1 heteroatoms. The maximum atomic E-state index is 4.26. The van der Waals surface area contributed by atoms with Crippen LogP contribution in [0.1, 0.15) is 27.2 Å². The first-order chi connectivity index (χ1) is 5.72. The maximum Gasteiger partial charge on any atom is 0.0648 e. The molecule has 0 radical (unpaired) electrons. The molecule has 12 heavy (non-hydrogen) atoms. The van der Waals surface area contributed by atoms with Gasteiger partial charge in [0, 0.05) is 6.21 Å². The average molecular weight is 163 g/mol. The van der Waals surface area contributed by atoms with Crippen molar-refractivity contribution in [3.8, 4) is 0 Å². The lowest BCUT2D eigenvalue weighted by Crippen LogP contribution is -1.80. The molecular formula is C11H17N. The monoisotopic (exact) mass is 163 g/mol. The molecular weight excluding hydrogens is 146 g/mol. The molecule has 1 nitrogen and oxygen atoms in total. The van der Waals surface area contributed by atoms with Gasteiger partial charge in [-0.15, -0.1) is 0 Å². The van der Waals surface area contributed by atoms with E-state index < -0.39 is 0 Å². The summed E-state index contributed by atoms with van der Waals surface area (Å²) >= 11 is 0. The summed E-state index contributed by atoms with van der Waals surface area (Å²) in [5, 5.41) is 0. The molecule has 0 heterocycles. The second-order valence-corrected chi connectivity index (χ2v) is 2.58. The smallest absolute Gasteiger partial charge is 0.0648 e. The van der Waals surface area contributed by atoms with E-state index in [1.54, 1.807) is 0 Å². The van der Waals surface area contributed by atoms with Gasteiger partial charge in [-0.05, 0) is 31.9 Å². The molecule has 0 atom stereocenters. The molecule has 0 bridgehead atoms. The minimum atomic E-state index is 0.954. The van der Waals surface area contributed by atoms with Gasteiger partial charge in [0.25, 0.3) is 0 Å². The van der Waals surface area contributed by atoms with Crippen LogP contribution in [0, 0.1) is 0 Å². The number of hydrogen-bond donors (Lipinski definition) is 0. The van der Waals surface area contributed by atoms with Crippen LogP contribution in [0.25, 0.3) is 0 Å². The zero-order valence-corrected chi connectivity index (χ0v) is 8.17. The van der Waals surface area contributed by atoms with Gasteiger partial charge in [-0.25, -0.2) is 0 Å². The summed E-state index contributed by atoms with van der Waals surface area (Å²) in [5.74, 6) is 0. The van der Waals surface area contributed by atoms with Gasteiger partial charge < -0.3 is 0 Å². The molecule has 66 valence electrons. The highest BCUT2D eigenvalue weighted by molar-refractivity contribution is 5.59. The Morgan fingerprint density at radius 2 is 2.17 bits per heavy atom. The molecule has 0 saturated heterocycles. The summed E-state index contributed by atoms with van der Waals surface area (Å²) in [5.41, 5.74) is 1.95. The minimum Gasteiger partial charge on any atom is -0.261 e. The summed E-state index contributed by atoms with van der Waals surface area (Å²) in [4.78, 5) is 4.26. The second kappa shape index (κ2) is 6.59.